The Hall–Kier alpha value is -1.53. The van der Waals surface area contributed by atoms with Crippen LogP contribution in [0.2, 0.25) is 0 Å². The lowest BCUT2D eigenvalue weighted by molar-refractivity contribution is 0.0449. The number of amides is 1. The molecule has 2 aromatic rings. The molecule has 0 bridgehead atoms. The molecule has 2 heterocycles. The Morgan fingerprint density at radius 3 is 2.96 bits per heavy atom. The van der Waals surface area contributed by atoms with E-state index in [1.54, 1.807) is 11.9 Å². The van der Waals surface area contributed by atoms with Crippen LogP contribution < -0.4 is 0 Å². The smallest absolute Gasteiger partial charge is 0.274 e. The van der Waals surface area contributed by atoms with Crippen LogP contribution in [0.4, 0.5) is 0 Å². The monoisotopic (exact) mass is 333 g/mol. The molecule has 0 spiro atoms. The molecule has 1 saturated carbocycles. The normalized spacial score (nSPS) is 21.5. The number of thioether (sulfide) groups is 1. The van der Waals surface area contributed by atoms with E-state index in [2.05, 4.69) is 4.98 Å². The molecule has 0 saturated heterocycles. The lowest BCUT2D eigenvalue weighted by Crippen LogP contribution is -2.38. The number of aromatic nitrogens is 2. The maximum atomic E-state index is 12.8. The fourth-order valence-electron chi connectivity index (χ4n) is 3.33. The van der Waals surface area contributed by atoms with E-state index in [0.717, 1.165) is 36.4 Å². The summed E-state index contributed by atoms with van der Waals surface area (Å²) < 4.78 is 1.95. The molecule has 124 valence electrons. The summed E-state index contributed by atoms with van der Waals surface area (Å²) in [6.07, 6.45) is 7.63. The van der Waals surface area contributed by atoms with E-state index in [-0.39, 0.29) is 17.9 Å². The number of fused-ring (bicyclic) bond motifs is 1. The van der Waals surface area contributed by atoms with Gasteiger partial charge in [0.1, 0.15) is 0 Å². The van der Waals surface area contributed by atoms with E-state index >= 15 is 0 Å². The molecule has 2 atom stereocenters. The molecule has 23 heavy (non-hydrogen) atoms. The zero-order valence-corrected chi connectivity index (χ0v) is 14.4. The molecule has 1 aliphatic carbocycles. The van der Waals surface area contributed by atoms with Crippen molar-refractivity contribution in [2.24, 2.45) is 5.92 Å². The van der Waals surface area contributed by atoms with Gasteiger partial charge in [-0.2, -0.15) is 0 Å². The van der Waals surface area contributed by atoms with Crippen molar-refractivity contribution in [3.05, 3.63) is 30.1 Å². The standard InChI is InChI=1S/C17H23N3O2S/c1-19(11-12-7-3-4-9-14(12)21)16(22)15-13-8-5-6-10-20(13)17(18-15)23-2/h5-6,8,10,12,14,21H,3-4,7,9,11H2,1-2H3. The Kier molecular flexibility index (Phi) is 4.92. The molecule has 0 aromatic carbocycles. The topological polar surface area (TPSA) is 57.8 Å². The molecular weight excluding hydrogens is 310 g/mol. The molecule has 1 aliphatic rings. The van der Waals surface area contributed by atoms with Crippen molar-refractivity contribution in [3.8, 4) is 0 Å². The molecule has 0 aliphatic heterocycles. The third kappa shape index (κ3) is 3.23. The van der Waals surface area contributed by atoms with Crippen LogP contribution in [-0.4, -0.2) is 51.3 Å². The molecule has 2 aromatic heterocycles. The van der Waals surface area contributed by atoms with Crippen LogP contribution in [0.5, 0.6) is 0 Å². The summed E-state index contributed by atoms with van der Waals surface area (Å²) >= 11 is 1.53. The molecule has 2 unspecified atom stereocenters. The maximum Gasteiger partial charge on any atom is 0.274 e. The molecule has 5 nitrogen and oxygen atoms in total. The molecule has 1 amide bonds. The minimum absolute atomic E-state index is 0.0771. The molecule has 3 rings (SSSR count). The predicted octanol–water partition coefficient (Wildman–Crippen LogP) is 2.68. The first-order chi connectivity index (χ1) is 11.1. The number of carbonyl (C=O) groups excluding carboxylic acids is 1. The van der Waals surface area contributed by atoms with Crippen molar-refractivity contribution >= 4 is 23.2 Å². The highest BCUT2D eigenvalue weighted by atomic mass is 32.2. The first kappa shape index (κ1) is 16.3. The largest absolute Gasteiger partial charge is 0.393 e. The zero-order valence-electron chi connectivity index (χ0n) is 13.6. The van der Waals surface area contributed by atoms with Crippen molar-refractivity contribution in [2.75, 3.05) is 19.8 Å². The third-order valence-electron chi connectivity index (χ3n) is 4.63. The average molecular weight is 333 g/mol. The van der Waals surface area contributed by atoms with Gasteiger partial charge in [-0.05, 0) is 31.2 Å². The van der Waals surface area contributed by atoms with Crippen molar-refractivity contribution in [1.29, 1.82) is 0 Å². The Morgan fingerprint density at radius 1 is 1.43 bits per heavy atom. The number of nitrogens with zero attached hydrogens (tertiary/aromatic N) is 3. The van der Waals surface area contributed by atoms with Gasteiger partial charge in [0.25, 0.3) is 5.91 Å². The molecule has 1 fully saturated rings. The van der Waals surface area contributed by atoms with Gasteiger partial charge < -0.3 is 10.0 Å². The fourth-order valence-corrected chi connectivity index (χ4v) is 3.87. The SMILES string of the molecule is CSc1nc(C(=O)N(C)CC2CCCCC2O)c2ccccn12. The van der Waals surface area contributed by atoms with Gasteiger partial charge in [-0.1, -0.05) is 30.7 Å². The van der Waals surface area contributed by atoms with Crippen molar-refractivity contribution in [2.45, 2.75) is 36.9 Å². The third-order valence-corrected chi connectivity index (χ3v) is 5.28. The van der Waals surface area contributed by atoms with Crippen LogP contribution in [0.15, 0.2) is 29.6 Å². The number of hydrogen-bond acceptors (Lipinski definition) is 4. The molecule has 1 N–H and O–H groups in total. The van der Waals surface area contributed by atoms with E-state index in [0.29, 0.717) is 12.2 Å². The quantitative estimate of drug-likeness (QED) is 0.874. The number of imidazole rings is 1. The second-order valence-corrected chi connectivity index (χ2v) is 6.97. The summed E-state index contributed by atoms with van der Waals surface area (Å²) in [5.41, 5.74) is 1.32. The van der Waals surface area contributed by atoms with Gasteiger partial charge in [0.05, 0.1) is 11.6 Å². The van der Waals surface area contributed by atoms with Gasteiger partial charge in [-0.15, -0.1) is 0 Å². The molecule has 6 heteroatoms. The Labute approximate surface area is 140 Å². The van der Waals surface area contributed by atoms with Crippen LogP contribution in [0.25, 0.3) is 5.52 Å². The number of carbonyl (C=O) groups is 1. The van der Waals surface area contributed by atoms with Crippen LogP contribution in [0, 0.1) is 5.92 Å². The second kappa shape index (κ2) is 6.93. The fraction of sp³-hybridized carbons (Fsp3) is 0.529. The summed E-state index contributed by atoms with van der Waals surface area (Å²) in [5.74, 6) is 0.0957. The van der Waals surface area contributed by atoms with Gasteiger partial charge in [0.2, 0.25) is 0 Å². The predicted molar refractivity (Wildman–Crippen MR) is 91.9 cm³/mol. The lowest BCUT2D eigenvalue weighted by Gasteiger charge is -2.31. The maximum absolute atomic E-state index is 12.8. The van der Waals surface area contributed by atoms with Crippen molar-refractivity contribution in [3.63, 3.8) is 0 Å². The summed E-state index contributed by atoms with van der Waals surface area (Å²) in [7, 11) is 1.80. The number of aliphatic hydroxyl groups excluding tert-OH is 1. The van der Waals surface area contributed by atoms with Gasteiger partial charge in [0.15, 0.2) is 10.9 Å². The minimum Gasteiger partial charge on any atom is -0.393 e. The Balaban J connectivity index is 1.82. The van der Waals surface area contributed by atoms with Crippen molar-refractivity contribution < 1.29 is 9.90 Å². The van der Waals surface area contributed by atoms with Crippen LogP contribution in [0.3, 0.4) is 0 Å². The molecular formula is C17H23N3O2S. The summed E-state index contributed by atoms with van der Waals surface area (Å²) in [5, 5.41) is 10.9. The van der Waals surface area contributed by atoms with Crippen molar-refractivity contribution in [1.82, 2.24) is 14.3 Å². The first-order valence-electron chi connectivity index (χ1n) is 8.06. The van der Waals surface area contributed by atoms with Gasteiger partial charge in [0, 0.05) is 25.7 Å². The van der Waals surface area contributed by atoms with Crippen LogP contribution in [0.1, 0.15) is 36.2 Å². The van der Waals surface area contributed by atoms with Gasteiger partial charge in [-0.3, -0.25) is 9.20 Å². The Bertz CT molecular complexity index is 700. The van der Waals surface area contributed by atoms with E-state index in [1.807, 2.05) is 35.1 Å². The van der Waals surface area contributed by atoms with Crippen LogP contribution >= 0.6 is 11.8 Å². The van der Waals surface area contributed by atoms with E-state index < -0.39 is 0 Å². The number of aliphatic hydroxyl groups is 1. The number of hydrogen-bond donors (Lipinski definition) is 1. The highest BCUT2D eigenvalue weighted by Crippen LogP contribution is 2.26. The Morgan fingerprint density at radius 2 is 2.22 bits per heavy atom. The highest BCUT2D eigenvalue weighted by Gasteiger charge is 2.27. The summed E-state index contributed by atoms with van der Waals surface area (Å²) in [6, 6.07) is 5.77. The summed E-state index contributed by atoms with van der Waals surface area (Å²) in [6.45, 7) is 0.584. The highest BCUT2D eigenvalue weighted by molar-refractivity contribution is 7.98. The summed E-state index contributed by atoms with van der Waals surface area (Å²) in [4.78, 5) is 19.0. The van der Waals surface area contributed by atoms with Gasteiger partial charge >= 0.3 is 0 Å². The number of pyridine rings is 1. The van der Waals surface area contributed by atoms with E-state index in [1.165, 1.54) is 11.8 Å². The first-order valence-corrected chi connectivity index (χ1v) is 9.29. The van der Waals surface area contributed by atoms with E-state index in [4.69, 9.17) is 0 Å². The van der Waals surface area contributed by atoms with Crippen LogP contribution in [-0.2, 0) is 0 Å². The van der Waals surface area contributed by atoms with Gasteiger partial charge in [-0.25, -0.2) is 4.98 Å². The van der Waals surface area contributed by atoms with E-state index in [9.17, 15) is 9.90 Å². The second-order valence-electron chi connectivity index (χ2n) is 6.20. The molecule has 0 radical (unpaired) electrons. The number of rotatable bonds is 4. The zero-order chi connectivity index (χ0) is 16.4. The average Bonchev–Trinajstić information content (AvgIpc) is 2.95. The lowest BCUT2D eigenvalue weighted by atomic mass is 9.86. The minimum atomic E-state index is -0.292.